The largest absolute Gasteiger partial charge is 0.465 e. The van der Waals surface area contributed by atoms with Crippen molar-refractivity contribution in [1.82, 2.24) is 0 Å². The number of nitrogens with zero attached hydrogens (tertiary/aromatic N) is 1. The lowest BCUT2D eigenvalue weighted by molar-refractivity contribution is -0.141. The van der Waals surface area contributed by atoms with Crippen molar-refractivity contribution in [2.45, 2.75) is 18.0 Å². The Morgan fingerprint density at radius 2 is 1.97 bits per heavy atom. The maximum Gasteiger partial charge on any atom is 0.430 e. The van der Waals surface area contributed by atoms with Crippen LogP contribution in [-0.4, -0.2) is 45.7 Å². The Morgan fingerprint density at radius 3 is 2.57 bits per heavy atom. The van der Waals surface area contributed by atoms with E-state index in [0.29, 0.717) is 11.6 Å². The van der Waals surface area contributed by atoms with E-state index in [9.17, 15) is 26.4 Å². The van der Waals surface area contributed by atoms with Crippen molar-refractivity contribution in [1.29, 1.82) is 0 Å². The van der Waals surface area contributed by atoms with Crippen LogP contribution in [-0.2, 0) is 19.4 Å². The second kappa shape index (κ2) is 9.16. The van der Waals surface area contributed by atoms with Crippen LogP contribution < -0.4 is 5.73 Å². The Hall–Kier alpha value is -3.08. The minimum Gasteiger partial charge on any atom is -0.465 e. The molecule has 1 aromatic carbocycles. The number of hydrogen-bond acceptors (Lipinski definition) is 7. The summed E-state index contributed by atoms with van der Waals surface area (Å²) in [5.41, 5.74) is 3.72. The number of allylic oxidation sites excluding steroid dienone is 2. The highest BCUT2D eigenvalue weighted by Gasteiger charge is 2.32. The molecule has 0 saturated heterocycles. The van der Waals surface area contributed by atoms with Crippen LogP contribution in [0, 0.1) is 0 Å². The number of benzene rings is 1. The van der Waals surface area contributed by atoms with Gasteiger partial charge in [-0.15, -0.1) is 0 Å². The molecule has 0 saturated carbocycles. The molecule has 0 aliphatic heterocycles. The average molecular weight is 444 g/mol. The van der Waals surface area contributed by atoms with Gasteiger partial charge in [0.25, 0.3) is 0 Å². The SMILES string of the molecule is CCOC(=O)CN=C(C=C(N)C(F)(F)F)c1ccc(-c2cccc(S(C)(=O)=O)c2)o1. The predicted molar refractivity (Wildman–Crippen MR) is 104 cm³/mol. The molecule has 162 valence electrons. The molecule has 2 N–H and O–H groups in total. The third-order valence-electron chi connectivity index (χ3n) is 3.71. The van der Waals surface area contributed by atoms with E-state index in [1.54, 1.807) is 13.0 Å². The molecule has 0 bridgehead atoms. The summed E-state index contributed by atoms with van der Waals surface area (Å²) >= 11 is 0. The Kier molecular flexibility index (Phi) is 7.08. The molecule has 11 heteroatoms. The van der Waals surface area contributed by atoms with Crippen LogP contribution in [0.3, 0.4) is 0 Å². The first-order valence-electron chi connectivity index (χ1n) is 8.57. The third-order valence-corrected chi connectivity index (χ3v) is 4.82. The summed E-state index contributed by atoms with van der Waals surface area (Å²) in [6, 6.07) is 8.63. The number of carbonyl (C=O) groups is 1. The smallest absolute Gasteiger partial charge is 0.430 e. The predicted octanol–water partition coefficient (Wildman–Crippen LogP) is 3.11. The Balaban J connectivity index is 2.45. The molecule has 0 spiro atoms. The molecule has 0 unspecified atom stereocenters. The van der Waals surface area contributed by atoms with Gasteiger partial charge in [0.2, 0.25) is 0 Å². The molecule has 30 heavy (non-hydrogen) atoms. The van der Waals surface area contributed by atoms with Crippen molar-refractivity contribution in [2.24, 2.45) is 10.7 Å². The summed E-state index contributed by atoms with van der Waals surface area (Å²) in [6.45, 7) is 1.13. The molecular formula is C19H19F3N2O5S. The summed E-state index contributed by atoms with van der Waals surface area (Å²) in [7, 11) is -3.47. The lowest BCUT2D eigenvalue weighted by Crippen LogP contribution is -2.21. The summed E-state index contributed by atoms with van der Waals surface area (Å²) in [4.78, 5) is 15.4. The molecule has 0 aliphatic carbocycles. The molecule has 0 radical (unpaired) electrons. The Labute approximate surface area is 171 Å². The fourth-order valence-corrected chi connectivity index (χ4v) is 2.96. The zero-order valence-corrected chi connectivity index (χ0v) is 16.9. The van der Waals surface area contributed by atoms with Crippen LogP contribution in [0.5, 0.6) is 0 Å². The van der Waals surface area contributed by atoms with Crippen LogP contribution in [0.2, 0.25) is 0 Å². The van der Waals surface area contributed by atoms with Gasteiger partial charge in [-0.25, -0.2) is 8.42 Å². The van der Waals surface area contributed by atoms with Gasteiger partial charge in [-0.2, -0.15) is 13.2 Å². The standard InChI is InChI=1S/C19H19F3N2O5S/c1-3-28-18(25)11-24-14(10-17(23)19(20,21)22)16-8-7-15(29-16)12-5-4-6-13(9-12)30(2,26)27/h4-10H,3,11,23H2,1-2H3. The number of aliphatic imine (C=N–C) groups is 1. The van der Waals surface area contributed by atoms with E-state index in [-0.39, 0.29) is 28.7 Å². The topological polar surface area (TPSA) is 112 Å². The fourth-order valence-electron chi connectivity index (χ4n) is 2.29. The second-order valence-corrected chi connectivity index (χ2v) is 8.08. The number of alkyl halides is 3. The molecule has 0 atom stereocenters. The van der Waals surface area contributed by atoms with Gasteiger partial charge in [0.15, 0.2) is 15.6 Å². The summed E-state index contributed by atoms with van der Waals surface area (Å²) in [5.74, 6) is -0.633. The number of sulfone groups is 1. The lowest BCUT2D eigenvalue weighted by atomic mass is 10.2. The summed E-state index contributed by atoms with van der Waals surface area (Å²) in [5, 5.41) is 0. The van der Waals surface area contributed by atoms with Crippen molar-refractivity contribution in [3.63, 3.8) is 0 Å². The lowest BCUT2D eigenvalue weighted by Gasteiger charge is -2.07. The number of nitrogens with two attached hydrogens (primary N) is 1. The van der Waals surface area contributed by atoms with Gasteiger partial charge in [-0.1, -0.05) is 12.1 Å². The maximum atomic E-state index is 12.8. The van der Waals surface area contributed by atoms with E-state index >= 15 is 0 Å². The van der Waals surface area contributed by atoms with Gasteiger partial charge >= 0.3 is 12.1 Å². The van der Waals surface area contributed by atoms with Crippen LogP contribution in [0.15, 0.2) is 62.5 Å². The van der Waals surface area contributed by atoms with Crippen LogP contribution in [0.25, 0.3) is 11.3 Å². The van der Waals surface area contributed by atoms with Crippen LogP contribution in [0.1, 0.15) is 12.7 Å². The first-order chi connectivity index (χ1) is 13.9. The summed E-state index contributed by atoms with van der Waals surface area (Å²) < 4.78 is 72.3. The fraction of sp³-hybridized carbons (Fsp3) is 0.263. The van der Waals surface area contributed by atoms with Gasteiger partial charge in [0.1, 0.15) is 23.7 Å². The minimum atomic E-state index is -4.80. The monoisotopic (exact) mass is 444 g/mol. The Bertz CT molecular complexity index is 1090. The highest BCUT2D eigenvalue weighted by atomic mass is 32.2. The number of halogens is 3. The zero-order valence-electron chi connectivity index (χ0n) is 16.1. The van der Waals surface area contributed by atoms with Gasteiger partial charge in [-0.3, -0.25) is 9.79 Å². The minimum absolute atomic E-state index is 0.0513. The molecule has 1 heterocycles. The van der Waals surface area contributed by atoms with Gasteiger partial charge in [-0.05, 0) is 37.3 Å². The molecule has 2 rings (SSSR count). The van der Waals surface area contributed by atoms with E-state index in [1.807, 2.05) is 0 Å². The van der Waals surface area contributed by atoms with E-state index in [2.05, 4.69) is 4.99 Å². The average Bonchev–Trinajstić information content (AvgIpc) is 3.14. The van der Waals surface area contributed by atoms with Gasteiger partial charge in [0.05, 0.1) is 11.5 Å². The molecule has 0 aliphatic rings. The normalized spacial score (nSPS) is 13.4. The highest BCUT2D eigenvalue weighted by Crippen LogP contribution is 2.26. The highest BCUT2D eigenvalue weighted by molar-refractivity contribution is 7.90. The van der Waals surface area contributed by atoms with Crippen molar-refractivity contribution in [3.05, 3.63) is 53.9 Å². The van der Waals surface area contributed by atoms with Crippen molar-refractivity contribution >= 4 is 21.5 Å². The number of esters is 1. The molecule has 2 aromatic rings. The van der Waals surface area contributed by atoms with Crippen LogP contribution >= 0.6 is 0 Å². The van der Waals surface area contributed by atoms with Crippen molar-refractivity contribution in [3.8, 4) is 11.3 Å². The van der Waals surface area contributed by atoms with E-state index in [4.69, 9.17) is 14.9 Å². The quantitative estimate of drug-likeness (QED) is 0.519. The Morgan fingerprint density at radius 1 is 1.27 bits per heavy atom. The van der Waals surface area contributed by atoms with Crippen LogP contribution in [0.4, 0.5) is 13.2 Å². The van der Waals surface area contributed by atoms with Gasteiger partial charge < -0.3 is 14.9 Å². The van der Waals surface area contributed by atoms with E-state index < -0.39 is 34.2 Å². The van der Waals surface area contributed by atoms with Crippen molar-refractivity contribution < 1.29 is 35.5 Å². The molecular weight excluding hydrogens is 425 g/mol. The first kappa shape index (κ1) is 23.2. The summed E-state index contributed by atoms with van der Waals surface area (Å²) in [6.07, 6.45) is -3.21. The second-order valence-electron chi connectivity index (χ2n) is 6.07. The number of ether oxygens (including phenoxy) is 1. The molecule has 0 fully saturated rings. The number of rotatable bonds is 7. The van der Waals surface area contributed by atoms with E-state index in [0.717, 1.165) is 6.26 Å². The van der Waals surface area contributed by atoms with E-state index in [1.165, 1.54) is 30.3 Å². The van der Waals surface area contributed by atoms with Gasteiger partial charge in [0, 0.05) is 11.8 Å². The zero-order chi connectivity index (χ0) is 22.5. The third kappa shape index (κ3) is 6.21. The van der Waals surface area contributed by atoms with Crippen molar-refractivity contribution in [2.75, 3.05) is 19.4 Å². The molecule has 1 aromatic heterocycles. The first-order valence-corrected chi connectivity index (χ1v) is 10.5. The number of hydrogen-bond donors (Lipinski definition) is 1. The maximum absolute atomic E-state index is 12.8. The molecule has 0 amide bonds. The number of furan rings is 1. The number of carbonyl (C=O) groups excluding carboxylic acids is 1. The molecule has 7 nitrogen and oxygen atoms in total.